The molecule has 0 aliphatic carbocycles. The fourth-order valence-electron chi connectivity index (χ4n) is 3.43. The molecule has 0 unspecified atom stereocenters. The van der Waals surface area contributed by atoms with E-state index in [1.54, 1.807) is 7.11 Å². The second-order valence-electron chi connectivity index (χ2n) is 7.07. The van der Waals surface area contributed by atoms with Crippen molar-refractivity contribution in [2.75, 3.05) is 53.5 Å². The van der Waals surface area contributed by atoms with E-state index in [0.29, 0.717) is 17.9 Å². The fraction of sp³-hybridized carbons (Fsp3) is 0.500. The summed E-state index contributed by atoms with van der Waals surface area (Å²) in [6.45, 7) is 7.94. The lowest BCUT2D eigenvalue weighted by Gasteiger charge is -2.34. The van der Waals surface area contributed by atoms with Gasteiger partial charge in [-0.2, -0.15) is 0 Å². The third-order valence-electron chi connectivity index (χ3n) is 5.28. The van der Waals surface area contributed by atoms with Crippen LogP contribution in [0.3, 0.4) is 0 Å². The first-order valence-corrected chi connectivity index (χ1v) is 9.04. The summed E-state index contributed by atoms with van der Waals surface area (Å²) in [5.41, 5.74) is 4.17. The first-order valence-electron chi connectivity index (χ1n) is 9.04. The SMILES string of the molecule is COCCN1C(=O)C(c2ccc(C)c(C)c2)=C(N2CCN(C)CC2)C1=O. The monoisotopic (exact) mass is 357 g/mol. The molecule has 2 aliphatic rings. The van der Waals surface area contributed by atoms with E-state index in [9.17, 15) is 9.59 Å². The summed E-state index contributed by atoms with van der Waals surface area (Å²) in [7, 11) is 3.65. The number of ether oxygens (including phenoxy) is 1. The molecule has 0 spiro atoms. The van der Waals surface area contributed by atoms with Crippen molar-refractivity contribution >= 4 is 17.4 Å². The van der Waals surface area contributed by atoms with Crippen LogP contribution in [0.15, 0.2) is 23.9 Å². The smallest absolute Gasteiger partial charge is 0.277 e. The first kappa shape index (κ1) is 18.6. The molecule has 1 fully saturated rings. The van der Waals surface area contributed by atoms with E-state index < -0.39 is 0 Å². The third kappa shape index (κ3) is 3.39. The second kappa shape index (κ2) is 7.60. The third-order valence-corrected chi connectivity index (χ3v) is 5.28. The Hall–Kier alpha value is -2.18. The molecule has 0 saturated carbocycles. The maximum Gasteiger partial charge on any atom is 0.277 e. The van der Waals surface area contributed by atoms with Gasteiger partial charge in [0.25, 0.3) is 11.8 Å². The number of likely N-dealkylation sites (N-methyl/N-ethyl adjacent to an activating group) is 1. The summed E-state index contributed by atoms with van der Waals surface area (Å²) in [6, 6.07) is 5.96. The van der Waals surface area contributed by atoms with Crippen LogP contribution in [0.2, 0.25) is 0 Å². The van der Waals surface area contributed by atoms with E-state index in [1.807, 2.05) is 32.0 Å². The van der Waals surface area contributed by atoms with Crippen LogP contribution in [0, 0.1) is 13.8 Å². The summed E-state index contributed by atoms with van der Waals surface area (Å²) >= 11 is 0. The number of hydrogen-bond donors (Lipinski definition) is 0. The molecule has 26 heavy (non-hydrogen) atoms. The van der Waals surface area contributed by atoms with Gasteiger partial charge in [0.2, 0.25) is 0 Å². The maximum atomic E-state index is 13.1. The molecular weight excluding hydrogens is 330 g/mol. The highest BCUT2D eigenvalue weighted by Crippen LogP contribution is 2.32. The molecule has 2 aliphatic heterocycles. The van der Waals surface area contributed by atoms with Crippen molar-refractivity contribution in [3.05, 3.63) is 40.6 Å². The number of hydrogen-bond acceptors (Lipinski definition) is 5. The summed E-state index contributed by atoms with van der Waals surface area (Å²) < 4.78 is 5.09. The Balaban J connectivity index is 2.03. The van der Waals surface area contributed by atoms with Crippen molar-refractivity contribution in [2.45, 2.75) is 13.8 Å². The Morgan fingerprint density at radius 1 is 1.00 bits per heavy atom. The van der Waals surface area contributed by atoms with Gasteiger partial charge in [-0.05, 0) is 37.6 Å². The lowest BCUT2D eigenvalue weighted by Crippen LogP contribution is -2.46. The number of carbonyl (C=O) groups excluding carboxylic acids is 2. The molecule has 1 aromatic rings. The summed E-state index contributed by atoms with van der Waals surface area (Å²) in [4.78, 5) is 31.8. The average Bonchev–Trinajstić information content (AvgIpc) is 2.87. The molecule has 140 valence electrons. The molecule has 1 aromatic carbocycles. The molecule has 6 nitrogen and oxygen atoms in total. The number of amides is 2. The van der Waals surface area contributed by atoms with E-state index in [1.165, 1.54) is 10.5 Å². The van der Waals surface area contributed by atoms with Gasteiger partial charge in [0.05, 0.1) is 18.7 Å². The zero-order valence-corrected chi connectivity index (χ0v) is 16.0. The molecule has 2 heterocycles. The Labute approximate surface area is 155 Å². The number of piperazine rings is 1. The number of rotatable bonds is 5. The van der Waals surface area contributed by atoms with Crippen molar-refractivity contribution in [3.63, 3.8) is 0 Å². The Kier molecular flexibility index (Phi) is 5.44. The van der Waals surface area contributed by atoms with Crippen LogP contribution in [0.1, 0.15) is 16.7 Å². The normalized spacial score (nSPS) is 19.1. The van der Waals surface area contributed by atoms with Gasteiger partial charge < -0.3 is 14.5 Å². The van der Waals surface area contributed by atoms with E-state index in [-0.39, 0.29) is 18.4 Å². The topological polar surface area (TPSA) is 53.1 Å². The van der Waals surface area contributed by atoms with Gasteiger partial charge in [-0.3, -0.25) is 14.5 Å². The number of imide groups is 1. The van der Waals surface area contributed by atoms with Gasteiger partial charge >= 0.3 is 0 Å². The number of carbonyl (C=O) groups is 2. The molecule has 0 atom stereocenters. The highest BCUT2D eigenvalue weighted by Gasteiger charge is 2.41. The second-order valence-corrected chi connectivity index (χ2v) is 7.07. The van der Waals surface area contributed by atoms with Crippen LogP contribution >= 0.6 is 0 Å². The zero-order chi connectivity index (χ0) is 18.8. The van der Waals surface area contributed by atoms with E-state index in [0.717, 1.165) is 37.3 Å². The van der Waals surface area contributed by atoms with Crippen LogP contribution in [-0.4, -0.2) is 80.0 Å². The number of nitrogens with zero attached hydrogens (tertiary/aromatic N) is 3. The quantitative estimate of drug-likeness (QED) is 0.743. The van der Waals surface area contributed by atoms with Crippen LogP contribution in [0.25, 0.3) is 5.57 Å². The largest absolute Gasteiger partial charge is 0.383 e. The number of benzene rings is 1. The molecule has 2 amide bonds. The van der Waals surface area contributed by atoms with Gasteiger partial charge in [0.15, 0.2) is 0 Å². The van der Waals surface area contributed by atoms with Gasteiger partial charge in [-0.1, -0.05) is 18.2 Å². The minimum atomic E-state index is -0.218. The lowest BCUT2D eigenvalue weighted by molar-refractivity contribution is -0.138. The van der Waals surface area contributed by atoms with Crippen molar-refractivity contribution in [1.82, 2.24) is 14.7 Å². The van der Waals surface area contributed by atoms with Gasteiger partial charge in [-0.25, -0.2) is 0 Å². The molecular formula is C20H27N3O3. The molecule has 0 N–H and O–H groups in total. The molecule has 0 bridgehead atoms. The van der Waals surface area contributed by atoms with Crippen molar-refractivity contribution in [1.29, 1.82) is 0 Å². The van der Waals surface area contributed by atoms with Crippen molar-refractivity contribution in [3.8, 4) is 0 Å². The minimum Gasteiger partial charge on any atom is -0.383 e. The average molecular weight is 357 g/mol. The van der Waals surface area contributed by atoms with E-state index >= 15 is 0 Å². The van der Waals surface area contributed by atoms with Gasteiger partial charge in [0, 0.05) is 33.3 Å². The molecule has 1 saturated heterocycles. The zero-order valence-electron chi connectivity index (χ0n) is 16.0. The lowest BCUT2D eigenvalue weighted by atomic mass is 9.99. The highest BCUT2D eigenvalue weighted by atomic mass is 16.5. The molecule has 3 rings (SSSR count). The van der Waals surface area contributed by atoms with E-state index in [2.05, 4.69) is 16.8 Å². The summed E-state index contributed by atoms with van der Waals surface area (Å²) in [6.07, 6.45) is 0. The van der Waals surface area contributed by atoms with Gasteiger partial charge in [0.1, 0.15) is 5.70 Å². The van der Waals surface area contributed by atoms with Crippen LogP contribution in [-0.2, 0) is 14.3 Å². The Morgan fingerprint density at radius 2 is 1.69 bits per heavy atom. The minimum absolute atomic E-state index is 0.204. The van der Waals surface area contributed by atoms with Crippen molar-refractivity contribution in [2.24, 2.45) is 0 Å². The van der Waals surface area contributed by atoms with Crippen LogP contribution in [0.4, 0.5) is 0 Å². The fourth-order valence-corrected chi connectivity index (χ4v) is 3.43. The predicted molar refractivity (Wildman–Crippen MR) is 101 cm³/mol. The maximum absolute atomic E-state index is 13.1. The van der Waals surface area contributed by atoms with Crippen LogP contribution < -0.4 is 0 Å². The summed E-state index contributed by atoms with van der Waals surface area (Å²) in [5, 5.41) is 0. The number of aryl methyl sites for hydroxylation is 2. The standard InChI is InChI=1S/C20H27N3O3/c1-14-5-6-16(13-15(14)2)17-18(22-9-7-21(3)8-10-22)20(25)23(19(17)24)11-12-26-4/h5-6,13H,7-12H2,1-4H3. The Morgan fingerprint density at radius 3 is 2.31 bits per heavy atom. The van der Waals surface area contributed by atoms with E-state index in [4.69, 9.17) is 4.74 Å². The van der Waals surface area contributed by atoms with Crippen LogP contribution in [0.5, 0.6) is 0 Å². The number of methoxy groups -OCH3 is 1. The first-order chi connectivity index (χ1) is 12.4. The Bertz CT molecular complexity index is 749. The highest BCUT2D eigenvalue weighted by molar-refractivity contribution is 6.35. The molecule has 0 aromatic heterocycles. The summed E-state index contributed by atoms with van der Waals surface area (Å²) in [5.74, 6) is -0.422. The van der Waals surface area contributed by atoms with Crippen molar-refractivity contribution < 1.29 is 14.3 Å². The predicted octanol–water partition coefficient (Wildman–Crippen LogP) is 1.28. The molecule has 0 radical (unpaired) electrons. The van der Waals surface area contributed by atoms with Gasteiger partial charge in [-0.15, -0.1) is 0 Å². The molecule has 6 heteroatoms.